The van der Waals surface area contributed by atoms with Crippen LogP contribution in [-0.2, 0) is 14.8 Å². The van der Waals surface area contributed by atoms with Crippen LogP contribution < -0.4 is 14.4 Å². The summed E-state index contributed by atoms with van der Waals surface area (Å²) in [6.45, 7) is 2.43. The molecule has 1 aliphatic rings. The molecule has 2 aromatic rings. The van der Waals surface area contributed by atoms with Gasteiger partial charge >= 0.3 is 0 Å². The first-order chi connectivity index (χ1) is 12.3. The summed E-state index contributed by atoms with van der Waals surface area (Å²) < 4.78 is 34.3. The predicted octanol–water partition coefficient (Wildman–Crippen LogP) is 3.69. The van der Waals surface area contributed by atoms with Crippen LogP contribution in [0, 0.1) is 6.92 Å². The van der Waals surface area contributed by atoms with E-state index in [2.05, 4.69) is 20.7 Å². The first-order valence-electron chi connectivity index (χ1n) is 8.09. The zero-order valence-corrected chi connectivity index (χ0v) is 16.9. The Morgan fingerprint density at radius 3 is 2.58 bits per heavy atom. The summed E-state index contributed by atoms with van der Waals surface area (Å²) in [6, 6.07) is 9.74. The molecule has 6 nitrogen and oxygen atoms in total. The maximum absolute atomic E-state index is 12.8. The molecule has 2 aromatic carbocycles. The molecule has 0 atom stereocenters. The molecule has 26 heavy (non-hydrogen) atoms. The Hall–Kier alpha value is -2.06. The van der Waals surface area contributed by atoms with Crippen molar-refractivity contribution in [2.24, 2.45) is 0 Å². The highest BCUT2D eigenvalue weighted by molar-refractivity contribution is 9.10. The number of aryl methyl sites for hydroxylation is 1. The minimum Gasteiger partial charge on any atom is -0.495 e. The van der Waals surface area contributed by atoms with Gasteiger partial charge in [-0.15, -0.1) is 0 Å². The number of halogens is 1. The van der Waals surface area contributed by atoms with E-state index in [0.29, 0.717) is 30.1 Å². The van der Waals surface area contributed by atoms with Crippen LogP contribution in [0.2, 0.25) is 0 Å². The van der Waals surface area contributed by atoms with Gasteiger partial charge in [0, 0.05) is 23.1 Å². The molecule has 3 rings (SSSR count). The van der Waals surface area contributed by atoms with Crippen molar-refractivity contribution in [1.29, 1.82) is 0 Å². The second-order valence-electron chi connectivity index (χ2n) is 6.05. The first-order valence-corrected chi connectivity index (χ1v) is 10.4. The van der Waals surface area contributed by atoms with Gasteiger partial charge in [0.2, 0.25) is 5.91 Å². The average molecular weight is 439 g/mol. The van der Waals surface area contributed by atoms with Crippen LogP contribution in [0.25, 0.3) is 0 Å². The lowest BCUT2D eigenvalue weighted by Crippen LogP contribution is -2.24. The number of nitrogens with one attached hydrogen (secondary N) is 1. The van der Waals surface area contributed by atoms with Gasteiger partial charge in [0.25, 0.3) is 10.0 Å². The Morgan fingerprint density at radius 2 is 1.96 bits per heavy atom. The zero-order valence-electron chi connectivity index (χ0n) is 14.5. The van der Waals surface area contributed by atoms with E-state index in [1.54, 1.807) is 29.2 Å². The third-order valence-electron chi connectivity index (χ3n) is 4.23. The topological polar surface area (TPSA) is 75.7 Å². The number of sulfonamides is 1. The minimum absolute atomic E-state index is 0.0330. The number of amides is 1. The Balaban J connectivity index is 1.96. The van der Waals surface area contributed by atoms with Gasteiger partial charge < -0.3 is 9.64 Å². The molecule has 0 unspecified atom stereocenters. The number of rotatable bonds is 5. The monoisotopic (exact) mass is 438 g/mol. The molecule has 1 fully saturated rings. The van der Waals surface area contributed by atoms with Crippen LogP contribution in [0.3, 0.4) is 0 Å². The predicted molar refractivity (Wildman–Crippen MR) is 104 cm³/mol. The van der Waals surface area contributed by atoms with Gasteiger partial charge in [-0.3, -0.25) is 9.52 Å². The lowest BCUT2D eigenvalue weighted by Gasteiger charge is -2.20. The van der Waals surface area contributed by atoms with Gasteiger partial charge in [-0.2, -0.15) is 0 Å². The molecule has 8 heteroatoms. The summed E-state index contributed by atoms with van der Waals surface area (Å²) in [4.78, 5) is 13.7. The molecule has 0 radical (unpaired) electrons. The highest BCUT2D eigenvalue weighted by Gasteiger charge is 2.26. The summed E-state index contributed by atoms with van der Waals surface area (Å²) in [5.74, 6) is 0.438. The Labute approximate surface area is 161 Å². The zero-order chi connectivity index (χ0) is 18.9. The fourth-order valence-corrected chi connectivity index (χ4v) is 4.19. The molecule has 1 saturated heterocycles. The summed E-state index contributed by atoms with van der Waals surface area (Å²) in [6.07, 6.45) is 1.20. The molecule has 0 spiro atoms. The smallest absolute Gasteiger partial charge is 0.261 e. The number of anilines is 2. The lowest BCUT2D eigenvalue weighted by atomic mass is 10.2. The molecule has 138 valence electrons. The van der Waals surface area contributed by atoms with Crippen molar-refractivity contribution in [3.63, 3.8) is 0 Å². The van der Waals surface area contributed by atoms with E-state index in [0.717, 1.165) is 16.5 Å². The average Bonchev–Trinajstić information content (AvgIpc) is 3.03. The Kier molecular flexibility index (Phi) is 5.24. The summed E-state index contributed by atoms with van der Waals surface area (Å²) in [5, 5.41) is 0. The van der Waals surface area contributed by atoms with Crippen molar-refractivity contribution in [2.75, 3.05) is 23.3 Å². The Morgan fingerprint density at radius 1 is 1.19 bits per heavy atom. The fraction of sp³-hybridized carbons (Fsp3) is 0.278. The van der Waals surface area contributed by atoms with Crippen molar-refractivity contribution >= 4 is 43.2 Å². The molecule has 0 saturated carbocycles. The van der Waals surface area contributed by atoms with Gasteiger partial charge in [0.05, 0.1) is 17.7 Å². The second-order valence-corrected chi connectivity index (χ2v) is 8.59. The Bertz CT molecular complexity index is 960. The highest BCUT2D eigenvalue weighted by Crippen LogP contribution is 2.34. The molecule has 1 aliphatic heterocycles. The standard InChI is InChI=1S/C18H19BrN2O4S/c1-12-10-13(5-7-15(12)19)20-26(23,24)14-6-8-17(25-2)16(11-14)21-9-3-4-18(21)22/h5-8,10-11,20H,3-4,9H2,1-2H3. The van der Waals surface area contributed by atoms with Crippen LogP contribution in [-0.4, -0.2) is 28.0 Å². The number of hydrogen-bond acceptors (Lipinski definition) is 4. The molecule has 0 aliphatic carbocycles. The van der Waals surface area contributed by atoms with Gasteiger partial charge in [0.15, 0.2) is 0 Å². The third-order valence-corrected chi connectivity index (χ3v) is 6.50. The normalized spacial score (nSPS) is 14.6. The minimum atomic E-state index is -3.80. The van der Waals surface area contributed by atoms with Crippen LogP contribution >= 0.6 is 15.9 Å². The molecule has 1 amide bonds. The maximum atomic E-state index is 12.8. The first kappa shape index (κ1) is 18.7. The van der Waals surface area contributed by atoms with Crippen molar-refractivity contribution in [3.05, 3.63) is 46.4 Å². The van der Waals surface area contributed by atoms with Gasteiger partial charge in [-0.1, -0.05) is 15.9 Å². The largest absolute Gasteiger partial charge is 0.495 e. The number of ether oxygens (including phenoxy) is 1. The number of hydrogen-bond donors (Lipinski definition) is 1. The molecule has 0 aromatic heterocycles. The van der Waals surface area contributed by atoms with Crippen LogP contribution in [0.4, 0.5) is 11.4 Å². The number of carbonyl (C=O) groups excluding carboxylic acids is 1. The van der Waals surface area contributed by atoms with E-state index in [1.165, 1.54) is 19.2 Å². The summed E-state index contributed by atoms with van der Waals surface area (Å²) in [7, 11) is -2.30. The highest BCUT2D eigenvalue weighted by atomic mass is 79.9. The third kappa shape index (κ3) is 3.71. The van der Waals surface area contributed by atoms with E-state index in [9.17, 15) is 13.2 Å². The quantitative estimate of drug-likeness (QED) is 0.771. The van der Waals surface area contributed by atoms with E-state index >= 15 is 0 Å². The van der Waals surface area contributed by atoms with E-state index < -0.39 is 10.0 Å². The maximum Gasteiger partial charge on any atom is 0.261 e. The van der Waals surface area contributed by atoms with Crippen LogP contribution in [0.5, 0.6) is 5.75 Å². The summed E-state index contributed by atoms with van der Waals surface area (Å²) in [5.41, 5.74) is 1.87. The number of carbonyl (C=O) groups is 1. The summed E-state index contributed by atoms with van der Waals surface area (Å²) >= 11 is 3.39. The van der Waals surface area contributed by atoms with Gasteiger partial charge in [-0.25, -0.2) is 8.42 Å². The van der Waals surface area contributed by atoms with E-state index in [-0.39, 0.29) is 10.8 Å². The molecular formula is C18H19BrN2O4S. The van der Waals surface area contributed by atoms with Crippen LogP contribution in [0.1, 0.15) is 18.4 Å². The molecule has 1 N–H and O–H groups in total. The second kappa shape index (κ2) is 7.28. The van der Waals surface area contributed by atoms with E-state index in [4.69, 9.17) is 4.74 Å². The fourth-order valence-electron chi connectivity index (χ4n) is 2.87. The number of benzene rings is 2. The van der Waals surface area contributed by atoms with Gasteiger partial charge in [0.1, 0.15) is 5.75 Å². The SMILES string of the molecule is COc1ccc(S(=O)(=O)Nc2ccc(Br)c(C)c2)cc1N1CCCC1=O. The molecule has 0 bridgehead atoms. The number of nitrogens with zero attached hydrogens (tertiary/aromatic N) is 1. The van der Waals surface area contributed by atoms with E-state index in [1.807, 2.05) is 6.92 Å². The van der Waals surface area contributed by atoms with Crippen molar-refractivity contribution in [2.45, 2.75) is 24.7 Å². The molecule has 1 heterocycles. The van der Waals surface area contributed by atoms with Crippen LogP contribution in [0.15, 0.2) is 45.8 Å². The van der Waals surface area contributed by atoms with Crippen molar-refractivity contribution < 1.29 is 17.9 Å². The van der Waals surface area contributed by atoms with Crippen molar-refractivity contribution in [1.82, 2.24) is 0 Å². The molecular weight excluding hydrogens is 420 g/mol. The van der Waals surface area contributed by atoms with Gasteiger partial charge in [-0.05, 0) is 55.3 Å². The van der Waals surface area contributed by atoms with Crippen molar-refractivity contribution in [3.8, 4) is 5.75 Å². The lowest BCUT2D eigenvalue weighted by molar-refractivity contribution is -0.117. The number of methoxy groups -OCH3 is 1.